The molecule has 0 fully saturated rings. The molecule has 0 aliphatic heterocycles. The highest BCUT2D eigenvalue weighted by Gasteiger charge is 2.32. The summed E-state index contributed by atoms with van der Waals surface area (Å²) in [4.78, 5) is 28.1. The lowest BCUT2D eigenvalue weighted by molar-refractivity contribution is -0.140. The van der Waals surface area contributed by atoms with Gasteiger partial charge in [0.2, 0.25) is 21.8 Å². The van der Waals surface area contributed by atoms with Gasteiger partial charge in [-0.15, -0.1) is 0 Å². The number of sulfonamides is 1. The normalized spacial score (nSPS) is 12.2. The van der Waals surface area contributed by atoms with Crippen molar-refractivity contribution in [3.63, 3.8) is 0 Å². The van der Waals surface area contributed by atoms with Crippen molar-refractivity contribution in [2.75, 3.05) is 23.7 Å². The van der Waals surface area contributed by atoms with Crippen LogP contribution in [0.2, 0.25) is 10.0 Å². The lowest BCUT2D eigenvalue weighted by Crippen LogP contribution is -2.52. The summed E-state index contributed by atoms with van der Waals surface area (Å²) in [5.74, 6) is -0.779. The van der Waals surface area contributed by atoms with Crippen LogP contribution in [0.3, 0.4) is 0 Å². The molecular formula is C25H33Cl2N3O4S. The van der Waals surface area contributed by atoms with Crippen LogP contribution in [-0.2, 0) is 26.2 Å². The Bertz CT molecular complexity index is 1140. The standard InChI is InChI=1S/C25H33Cl2N3O4S/c1-5-7-14-28-25(32)22(6-2)29(16-19-12-13-20(26)21(27)15-19)24(31)17-30(35(4,33)34)23-11-9-8-10-18(23)3/h8-13,15,22H,5-7,14,16-17H2,1-4H3,(H,28,32)/t22-/m1/s1. The van der Waals surface area contributed by atoms with E-state index in [1.165, 1.54) is 4.90 Å². The molecule has 2 aromatic rings. The van der Waals surface area contributed by atoms with Gasteiger partial charge in [0, 0.05) is 13.1 Å². The number of hydrogen-bond acceptors (Lipinski definition) is 4. The molecule has 7 nitrogen and oxygen atoms in total. The quantitative estimate of drug-likeness (QED) is 0.391. The first kappa shape index (κ1) is 28.9. The Hall–Kier alpha value is -2.29. The highest BCUT2D eigenvalue weighted by molar-refractivity contribution is 7.92. The molecule has 0 spiro atoms. The molecule has 35 heavy (non-hydrogen) atoms. The van der Waals surface area contributed by atoms with Crippen LogP contribution in [-0.4, -0.2) is 50.5 Å². The highest BCUT2D eigenvalue weighted by Crippen LogP contribution is 2.25. The minimum atomic E-state index is -3.78. The first-order chi connectivity index (χ1) is 16.5. The van der Waals surface area contributed by atoms with Crippen molar-refractivity contribution in [1.82, 2.24) is 10.2 Å². The lowest BCUT2D eigenvalue weighted by atomic mass is 10.1. The number of para-hydroxylation sites is 1. The van der Waals surface area contributed by atoms with Crippen LogP contribution in [0.4, 0.5) is 5.69 Å². The molecule has 0 radical (unpaired) electrons. The first-order valence-corrected chi connectivity index (χ1v) is 14.1. The minimum absolute atomic E-state index is 0.0702. The highest BCUT2D eigenvalue weighted by atomic mass is 35.5. The van der Waals surface area contributed by atoms with Crippen LogP contribution < -0.4 is 9.62 Å². The molecule has 0 saturated heterocycles. The number of anilines is 1. The van der Waals surface area contributed by atoms with Crippen molar-refractivity contribution in [2.45, 2.75) is 52.6 Å². The van der Waals surface area contributed by atoms with E-state index in [9.17, 15) is 18.0 Å². The van der Waals surface area contributed by atoms with Gasteiger partial charge in [-0.05, 0) is 49.1 Å². The van der Waals surface area contributed by atoms with E-state index in [1.807, 2.05) is 13.8 Å². The summed E-state index contributed by atoms with van der Waals surface area (Å²) in [6.07, 6.45) is 3.15. The molecule has 0 unspecified atom stereocenters. The smallest absolute Gasteiger partial charge is 0.244 e. The summed E-state index contributed by atoms with van der Waals surface area (Å²) in [5, 5.41) is 3.59. The number of carbonyl (C=O) groups excluding carboxylic acids is 2. The van der Waals surface area contributed by atoms with Crippen LogP contribution >= 0.6 is 23.2 Å². The molecule has 2 rings (SSSR count). The summed E-state index contributed by atoms with van der Waals surface area (Å²) in [5.41, 5.74) is 1.80. The van der Waals surface area contributed by atoms with Crippen LogP contribution in [0.25, 0.3) is 0 Å². The Balaban J connectivity index is 2.44. The van der Waals surface area contributed by atoms with Crippen LogP contribution in [0, 0.1) is 6.92 Å². The molecular weight excluding hydrogens is 509 g/mol. The number of nitrogens with one attached hydrogen (secondary N) is 1. The van der Waals surface area contributed by atoms with E-state index in [1.54, 1.807) is 49.4 Å². The van der Waals surface area contributed by atoms with Gasteiger partial charge in [0.05, 0.1) is 22.0 Å². The van der Waals surface area contributed by atoms with Crippen molar-refractivity contribution in [3.8, 4) is 0 Å². The summed E-state index contributed by atoms with van der Waals surface area (Å²) < 4.78 is 26.4. The monoisotopic (exact) mass is 541 g/mol. The molecule has 1 atom stereocenters. The number of aryl methyl sites for hydroxylation is 1. The number of unbranched alkanes of at least 4 members (excludes halogenated alkanes) is 1. The lowest BCUT2D eigenvalue weighted by Gasteiger charge is -2.33. The molecule has 2 amide bonds. The van der Waals surface area contributed by atoms with Crippen LogP contribution in [0.5, 0.6) is 0 Å². The third kappa shape index (κ3) is 8.12. The minimum Gasteiger partial charge on any atom is -0.354 e. The van der Waals surface area contributed by atoms with Gasteiger partial charge < -0.3 is 10.2 Å². The summed E-state index contributed by atoms with van der Waals surface area (Å²) >= 11 is 12.2. The zero-order valence-electron chi connectivity index (χ0n) is 20.6. The number of nitrogens with zero attached hydrogens (tertiary/aromatic N) is 2. The van der Waals surface area contributed by atoms with Gasteiger partial charge in [-0.25, -0.2) is 8.42 Å². The molecule has 0 aliphatic rings. The third-order valence-electron chi connectivity index (χ3n) is 5.62. The number of carbonyl (C=O) groups is 2. The van der Waals surface area contributed by atoms with E-state index in [-0.39, 0.29) is 12.5 Å². The van der Waals surface area contributed by atoms with E-state index < -0.39 is 28.5 Å². The summed E-state index contributed by atoms with van der Waals surface area (Å²) in [7, 11) is -3.78. The second-order valence-electron chi connectivity index (χ2n) is 8.39. The van der Waals surface area contributed by atoms with Gasteiger partial charge >= 0.3 is 0 Å². The number of hydrogen-bond donors (Lipinski definition) is 1. The molecule has 0 aromatic heterocycles. The van der Waals surface area contributed by atoms with Gasteiger partial charge in [0.25, 0.3) is 0 Å². The maximum Gasteiger partial charge on any atom is 0.244 e. The van der Waals surface area contributed by atoms with Crippen LogP contribution in [0.1, 0.15) is 44.2 Å². The fourth-order valence-corrected chi connectivity index (χ4v) is 4.93. The number of amides is 2. The van der Waals surface area contributed by atoms with E-state index >= 15 is 0 Å². The van der Waals surface area contributed by atoms with Crippen molar-refractivity contribution in [3.05, 3.63) is 63.6 Å². The van der Waals surface area contributed by atoms with Gasteiger partial charge in [-0.2, -0.15) is 0 Å². The van der Waals surface area contributed by atoms with Crippen molar-refractivity contribution in [1.29, 1.82) is 0 Å². The Labute approximate surface area is 218 Å². The maximum atomic E-state index is 13.7. The molecule has 1 N–H and O–H groups in total. The predicted octanol–water partition coefficient (Wildman–Crippen LogP) is 4.79. The van der Waals surface area contributed by atoms with E-state index in [2.05, 4.69) is 5.32 Å². The summed E-state index contributed by atoms with van der Waals surface area (Å²) in [6, 6.07) is 11.2. The molecule has 10 heteroatoms. The zero-order chi connectivity index (χ0) is 26.2. The Morgan fingerprint density at radius 1 is 1.06 bits per heavy atom. The van der Waals surface area contributed by atoms with E-state index in [4.69, 9.17) is 23.2 Å². The van der Waals surface area contributed by atoms with Crippen molar-refractivity contribution >= 4 is 50.7 Å². The van der Waals surface area contributed by atoms with E-state index in [0.717, 1.165) is 23.4 Å². The topological polar surface area (TPSA) is 86.8 Å². The molecule has 2 aromatic carbocycles. The summed E-state index contributed by atoms with van der Waals surface area (Å²) in [6.45, 7) is 5.75. The maximum absolute atomic E-state index is 13.7. The van der Waals surface area contributed by atoms with Gasteiger partial charge in [-0.3, -0.25) is 13.9 Å². The Morgan fingerprint density at radius 3 is 2.31 bits per heavy atom. The SMILES string of the molecule is CCCCNC(=O)[C@@H](CC)N(Cc1ccc(Cl)c(Cl)c1)C(=O)CN(c1ccccc1C)S(C)(=O)=O. The fraction of sp³-hybridized carbons (Fsp3) is 0.440. The molecule has 0 aliphatic carbocycles. The average molecular weight is 543 g/mol. The van der Waals surface area contributed by atoms with E-state index in [0.29, 0.717) is 39.8 Å². The van der Waals surface area contributed by atoms with Crippen molar-refractivity contribution in [2.24, 2.45) is 0 Å². The fourth-order valence-electron chi connectivity index (χ4n) is 3.70. The second-order valence-corrected chi connectivity index (χ2v) is 11.1. The molecule has 0 heterocycles. The Morgan fingerprint density at radius 2 is 1.74 bits per heavy atom. The largest absolute Gasteiger partial charge is 0.354 e. The molecule has 192 valence electrons. The average Bonchev–Trinajstić information content (AvgIpc) is 2.79. The molecule has 0 saturated carbocycles. The Kier molecular flexibility index (Phi) is 10.9. The zero-order valence-corrected chi connectivity index (χ0v) is 22.9. The third-order valence-corrected chi connectivity index (χ3v) is 7.48. The number of benzene rings is 2. The van der Waals surface area contributed by atoms with Gasteiger partial charge in [-0.1, -0.05) is 67.7 Å². The van der Waals surface area contributed by atoms with Gasteiger partial charge in [0.15, 0.2) is 0 Å². The van der Waals surface area contributed by atoms with Crippen LogP contribution in [0.15, 0.2) is 42.5 Å². The number of halogens is 2. The number of rotatable bonds is 12. The molecule has 0 bridgehead atoms. The van der Waals surface area contributed by atoms with Crippen molar-refractivity contribution < 1.29 is 18.0 Å². The second kappa shape index (κ2) is 13.1. The van der Waals surface area contributed by atoms with Gasteiger partial charge in [0.1, 0.15) is 12.6 Å². The predicted molar refractivity (Wildman–Crippen MR) is 142 cm³/mol. The first-order valence-electron chi connectivity index (χ1n) is 11.5.